The number of hydrogen-bond donors (Lipinski definition) is 1. The smallest absolute Gasteiger partial charge is 0.237 e. The van der Waals surface area contributed by atoms with Gasteiger partial charge in [-0.15, -0.1) is 10.2 Å². The van der Waals surface area contributed by atoms with Crippen molar-refractivity contribution in [2.24, 2.45) is 0 Å². The normalized spacial score (nSPS) is 14.5. The van der Waals surface area contributed by atoms with Gasteiger partial charge in [0, 0.05) is 25.2 Å². The second-order valence-electron chi connectivity index (χ2n) is 8.18. The fourth-order valence-corrected chi connectivity index (χ4v) is 4.31. The van der Waals surface area contributed by atoms with E-state index in [0.29, 0.717) is 36.4 Å². The number of amides is 2. The Hall–Kier alpha value is -3.21. The number of carbonyl (C=O) groups excluding carboxylic acids is 2. The first kappa shape index (κ1) is 23.0. The Morgan fingerprint density at radius 2 is 2.15 bits per heavy atom. The van der Waals surface area contributed by atoms with Crippen molar-refractivity contribution >= 4 is 29.5 Å². The largest absolute Gasteiger partial charge is 0.338 e. The number of carbonyl (C=O) groups is 2. The van der Waals surface area contributed by atoms with Crippen LogP contribution in [0.1, 0.15) is 57.0 Å². The maximum atomic E-state index is 12.5. The van der Waals surface area contributed by atoms with Crippen molar-refractivity contribution in [2.45, 2.75) is 57.1 Å². The molecule has 0 aromatic carbocycles. The van der Waals surface area contributed by atoms with Crippen molar-refractivity contribution in [3.05, 3.63) is 42.1 Å². The third kappa shape index (κ3) is 5.78. The molecule has 0 saturated carbocycles. The summed E-state index contributed by atoms with van der Waals surface area (Å²) in [7, 11) is 0. The highest BCUT2D eigenvalue weighted by atomic mass is 32.2. The Labute approximate surface area is 196 Å². The van der Waals surface area contributed by atoms with Crippen LogP contribution in [0.15, 0.2) is 40.3 Å². The van der Waals surface area contributed by atoms with Crippen molar-refractivity contribution in [3.63, 3.8) is 0 Å². The maximum Gasteiger partial charge on any atom is 0.237 e. The van der Waals surface area contributed by atoms with E-state index in [1.54, 1.807) is 18.5 Å². The summed E-state index contributed by atoms with van der Waals surface area (Å²) in [5.74, 6) is 1.17. The van der Waals surface area contributed by atoms with Crippen LogP contribution < -0.4 is 5.32 Å². The van der Waals surface area contributed by atoms with Crippen molar-refractivity contribution in [2.75, 3.05) is 17.6 Å². The molecule has 3 aromatic heterocycles. The van der Waals surface area contributed by atoms with Crippen molar-refractivity contribution < 1.29 is 14.1 Å². The highest BCUT2D eigenvalue weighted by molar-refractivity contribution is 7.99. The van der Waals surface area contributed by atoms with Crippen LogP contribution in [-0.2, 0) is 16.1 Å². The fourth-order valence-electron chi connectivity index (χ4n) is 3.54. The monoisotopic (exact) mass is 469 g/mol. The molecule has 0 spiro atoms. The second kappa shape index (κ2) is 10.6. The molecule has 1 aliphatic rings. The van der Waals surface area contributed by atoms with Gasteiger partial charge in [0.1, 0.15) is 0 Å². The Morgan fingerprint density at radius 3 is 2.91 bits per heavy atom. The summed E-state index contributed by atoms with van der Waals surface area (Å²) in [6.45, 7) is 5.07. The van der Waals surface area contributed by atoms with Gasteiger partial charge in [-0.3, -0.25) is 24.5 Å². The molecule has 1 fully saturated rings. The average Bonchev–Trinajstić information content (AvgIpc) is 3.38. The fraction of sp³-hybridized carbons (Fsp3) is 0.455. The van der Waals surface area contributed by atoms with E-state index >= 15 is 0 Å². The number of hydrogen-bond acceptors (Lipinski definition) is 8. The summed E-state index contributed by atoms with van der Waals surface area (Å²) in [5, 5.41) is 15.9. The number of likely N-dealkylation sites (tertiary alicyclic amines) is 1. The molecule has 2 amide bonds. The summed E-state index contributed by atoms with van der Waals surface area (Å²) in [6, 6.07) is 5.45. The van der Waals surface area contributed by atoms with Crippen molar-refractivity contribution in [1.82, 2.24) is 29.8 Å². The van der Waals surface area contributed by atoms with Crippen LogP contribution in [0.25, 0.3) is 5.69 Å². The predicted molar refractivity (Wildman–Crippen MR) is 123 cm³/mol. The minimum Gasteiger partial charge on any atom is -0.338 e. The molecule has 3 aromatic rings. The zero-order valence-electron chi connectivity index (χ0n) is 18.7. The van der Waals surface area contributed by atoms with Crippen molar-refractivity contribution in [3.8, 4) is 5.69 Å². The van der Waals surface area contributed by atoms with Crippen LogP contribution in [0, 0.1) is 0 Å². The molecule has 0 bridgehead atoms. The zero-order chi connectivity index (χ0) is 23.2. The maximum absolute atomic E-state index is 12.5. The van der Waals surface area contributed by atoms with Crippen LogP contribution in [0.3, 0.4) is 0 Å². The van der Waals surface area contributed by atoms with Gasteiger partial charge >= 0.3 is 0 Å². The van der Waals surface area contributed by atoms with E-state index in [0.717, 1.165) is 30.6 Å². The second-order valence-corrected chi connectivity index (χ2v) is 9.12. The molecule has 0 aliphatic carbocycles. The molecule has 10 nitrogen and oxygen atoms in total. The van der Waals surface area contributed by atoms with E-state index in [2.05, 4.69) is 25.7 Å². The van der Waals surface area contributed by atoms with E-state index in [1.807, 2.05) is 35.4 Å². The molecule has 4 heterocycles. The third-order valence-electron chi connectivity index (χ3n) is 5.32. The number of pyridine rings is 1. The first-order chi connectivity index (χ1) is 16.0. The summed E-state index contributed by atoms with van der Waals surface area (Å²) < 4.78 is 7.04. The van der Waals surface area contributed by atoms with Gasteiger partial charge in [0.25, 0.3) is 0 Å². The van der Waals surface area contributed by atoms with Crippen LogP contribution in [0.2, 0.25) is 0 Å². The van der Waals surface area contributed by atoms with E-state index < -0.39 is 0 Å². The molecule has 0 unspecified atom stereocenters. The molecule has 0 radical (unpaired) electrons. The molecule has 33 heavy (non-hydrogen) atoms. The summed E-state index contributed by atoms with van der Waals surface area (Å²) in [4.78, 5) is 31.0. The van der Waals surface area contributed by atoms with Gasteiger partial charge in [0.2, 0.25) is 17.7 Å². The zero-order valence-corrected chi connectivity index (χ0v) is 19.5. The molecule has 1 N–H and O–H groups in total. The highest BCUT2D eigenvalue weighted by Gasteiger charge is 2.22. The molecule has 11 heteroatoms. The SMILES string of the molecule is CC(C)c1cc(NC(=O)CSc2nnc(CN3CCCCCC3=O)n2-c2cccnc2)on1. The molecule has 4 rings (SSSR count). The van der Waals surface area contributed by atoms with Gasteiger partial charge < -0.3 is 9.42 Å². The molecular formula is C22H27N7O3S. The predicted octanol–water partition coefficient (Wildman–Crippen LogP) is 3.41. The number of nitrogens with one attached hydrogen (secondary N) is 1. The lowest BCUT2D eigenvalue weighted by atomic mass is 10.1. The van der Waals surface area contributed by atoms with Crippen LogP contribution in [0.4, 0.5) is 5.88 Å². The Balaban J connectivity index is 1.49. The van der Waals surface area contributed by atoms with Gasteiger partial charge in [-0.1, -0.05) is 37.2 Å². The Kier molecular flexibility index (Phi) is 7.38. The average molecular weight is 470 g/mol. The summed E-state index contributed by atoms with van der Waals surface area (Å²) in [6.07, 6.45) is 6.91. The van der Waals surface area contributed by atoms with Crippen LogP contribution >= 0.6 is 11.8 Å². The lowest BCUT2D eigenvalue weighted by Crippen LogP contribution is -2.31. The Morgan fingerprint density at radius 1 is 1.27 bits per heavy atom. The minimum atomic E-state index is -0.239. The lowest BCUT2D eigenvalue weighted by Gasteiger charge is -2.20. The van der Waals surface area contributed by atoms with Crippen LogP contribution in [-0.4, -0.2) is 53.9 Å². The first-order valence-electron chi connectivity index (χ1n) is 11.0. The molecule has 0 atom stereocenters. The van der Waals surface area contributed by atoms with E-state index in [4.69, 9.17) is 4.52 Å². The van der Waals surface area contributed by atoms with Gasteiger partial charge in [0.15, 0.2) is 11.0 Å². The van der Waals surface area contributed by atoms with Gasteiger partial charge in [0.05, 0.1) is 29.9 Å². The quantitative estimate of drug-likeness (QED) is 0.499. The third-order valence-corrected chi connectivity index (χ3v) is 6.25. The minimum absolute atomic E-state index is 0.110. The van der Waals surface area contributed by atoms with E-state index in [1.165, 1.54) is 11.8 Å². The molecule has 174 valence electrons. The highest BCUT2D eigenvalue weighted by Crippen LogP contribution is 2.24. The number of thioether (sulfide) groups is 1. The number of rotatable bonds is 8. The number of aromatic nitrogens is 5. The molecule has 1 saturated heterocycles. The standard InChI is InChI=1S/C22H27N7O3S/c1-15(2)17-11-20(32-27-17)24-19(30)14-33-22-26-25-18(29(22)16-7-6-9-23-12-16)13-28-10-5-3-4-8-21(28)31/h6-7,9,11-12,15H,3-5,8,10,13-14H2,1-2H3,(H,24,30). The van der Waals surface area contributed by atoms with Crippen molar-refractivity contribution in [1.29, 1.82) is 0 Å². The lowest BCUT2D eigenvalue weighted by molar-refractivity contribution is -0.131. The van der Waals surface area contributed by atoms with Gasteiger partial charge in [-0.2, -0.15) is 0 Å². The van der Waals surface area contributed by atoms with E-state index in [-0.39, 0.29) is 23.5 Å². The first-order valence-corrected chi connectivity index (χ1v) is 12.0. The molecule has 1 aliphatic heterocycles. The molecular weight excluding hydrogens is 442 g/mol. The van der Waals surface area contributed by atoms with Gasteiger partial charge in [-0.05, 0) is 30.9 Å². The van der Waals surface area contributed by atoms with E-state index in [9.17, 15) is 9.59 Å². The topological polar surface area (TPSA) is 119 Å². The number of anilines is 1. The van der Waals surface area contributed by atoms with Gasteiger partial charge in [-0.25, -0.2) is 0 Å². The summed E-state index contributed by atoms with van der Waals surface area (Å²) >= 11 is 1.25. The summed E-state index contributed by atoms with van der Waals surface area (Å²) in [5.41, 5.74) is 1.56. The van der Waals surface area contributed by atoms with Crippen LogP contribution in [0.5, 0.6) is 0 Å². The number of nitrogens with zero attached hydrogens (tertiary/aromatic N) is 6. The Bertz CT molecular complexity index is 1100.